The van der Waals surface area contributed by atoms with Gasteiger partial charge in [-0.1, -0.05) is 30.3 Å². The van der Waals surface area contributed by atoms with Crippen molar-refractivity contribution in [3.8, 4) is 5.75 Å². The average molecular weight is 320 g/mol. The lowest BCUT2D eigenvalue weighted by Gasteiger charge is -2.07. The second-order valence-corrected chi connectivity index (χ2v) is 5.53. The Labute approximate surface area is 139 Å². The van der Waals surface area contributed by atoms with E-state index in [0.29, 0.717) is 11.3 Å². The molecular weight excluding hydrogens is 304 g/mol. The first kappa shape index (κ1) is 15.7. The highest BCUT2D eigenvalue weighted by molar-refractivity contribution is 5.90. The van der Waals surface area contributed by atoms with Crippen molar-refractivity contribution in [2.75, 3.05) is 0 Å². The van der Waals surface area contributed by atoms with Gasteiger partial charge in [-0.05, 0) is 42.7 Å². The van der Waals surface area contributed by atoms with E-state index in [2.05, 4.69) is 0 Å². The minimum absolute atomic E-state index is 0.344. The largest absolute Gasteiger partial charge is 0.423 e. The monoisotopic (exact) mass is 320 g/mol. The topological polar surface area (TPSA) is 56.5 Å². The number of hydrogen-bond donors (Lipinski definition) is 0. The first-order chi connectivity index (χ1) is 11.5. The van der Waals surface area contributed by atoms with Crippen LogP contribution in [0.25, 0.3) is 17.0 Å². The summed E-state index contributed by atoms with van der Waals surface area (Å²) in [4.78, 5) is 23.5. The zero-order valence-electron chi connectivity index (χ0n) is 13.4. The third-order valence-electron chi connectivity index (χ3n) is 3.64. The molecule has 3 aromatic rings. The second kappa shape index (κ2) is 6.54. The molecule has 0 N–H and O–H groups in total. The predicted molar refractivity (Wildman–Crippen MR) is 93.1 cm³/mol. The fraction of sp³-hybridized carbons (Fsp3) is 0.100. The van der Waals surface area contributed by atoms with E-state index in [1.165, 1.54) is 12.1 Å². The van der Waals surface area contributed by atoms with E-state index in [-0.39, 0.29) is 0 Å². The van der Waals surface area contributed by atoms with Gasteiger partial charge in [0.2, 0.25) is 0 Å². The molecule has 4 nitrogen and oxygen atoms in total. The van der Waals surface area contributed by atoms with Crippen LogP contribution in [0.5, 0.6) is 5.75 Å². The van der Waals surface area contributed by atoms with E-state index < -0.39 is 11.6 Å². The minimum atomic E-state index is -0.493. The fourth-order valence-corrected chi connectivity index (χ4v) is 2.63. The smallest absolute Gasteiger partial charge is 0.336 e. The van der Waals surface area contributed by atoms with Crippen molar-refractivity contribution in [2.24, 2.45) is 0 Å². The molecule has 0 aliphatic heterocycles. The van der Waals surface area contributed by atoms with Crippen molar-refractivity contribution in [1.82, 2.24) is 0 Å². The summed E-state index contributed by atoms with van der Waals surface area (Å²) < 4.78 is 10.5. The maximum Gasteiger partial charge on any atom is 0.336 e. The van der Waals surface area contributed by atoms with Crippen molar-refractivity contribution in [2.45, 2.75) is 13.8 Å². The van der Waals surface area contributed by atoms with Gasteiger partial charge in [0.05, 0.1) is 0 Å². The summed E-state index contributed by atoms with van der Waals surface area (Å²) in [6.07, 6.45) is 3.04. The Morgan fingerprint density at radius 2 is 1.75 bits per heavy atom. The van der Waals surface area contributed by atoms with Crippen LogP contribution < -0.4 is 10.4 Å². The van der Waals surface area contributed by atoms with Crippen molar-refractivity contribution >= 4 is 23.0 Å². The van der Waals surface area contributed by atoms with Crippen LogP contribution in [0.4, 0.5) is 0 Å². The maximum atomic E-state index is 12.0. The molecule has 0 radical (unpaired) electrons. The number of benzene rings is 2. The van der Waals surface area contributed by atoms with Crippen molar-refractivity contribution < 1.29 is 13.9 Å². The summed E-state index contributed by atoms with van der Waals surface area (Å²) in [7, 11) is 0. The Morgan fingerprint density at radius 3 is 2.50 bits per heavy atom. The molecule has 0 saturated carbocycles. The van der Waals surface area contributed by atoms with Crippen molar-refractivity contribution in [3.05, 3.63) is 81.7 Å². The van der Waals surface area contributed by atoms with Gasteiger partial charge in [-0.3, -0.25) is 0 Å². The fourth-order valence-electron chi connectivity index (χ4n) is 2.63. The van der Waals surface area contributed by atoms with Gasteiger partial charge in [0.1, 0.15) is 11.3 Å². The molecule has 2 aromatic carbocycles. The number of ether oxygens (including phenoxy) is 1. The van der Waals surface area contributed by atoms with Crippen LogP contribution in [-0.2, 0) is 4.79 Å². The van der Waals surface area contributed by atoms with Crippen LogP contribution in [0.15, 0.2) is 63.8 Å². The molecule has 0 bridgehead atoms. The first-order valence-corrected chi connectivity index (χ1v) is 7.53. The van der Waals surface area contributed by atoms with Gasteiger partial charge in [-0.15, -0.1) is 0 Å². The molecule has 1 aromatic heterocycles. The van der Waals surface area contributed by atoms with Gasteiger partial charge in [0.25, 0.3) is 0 Å². The Bertz CT molecular complexity index is 982. The summed E-state index contributed by atoms with van der Waals surface area (Å²) in [5, 5.41) is 0.856. The van der Waals surface area contributed by atoms with Gasteiger partial charge in [-0.25, -0.2) is 9.59 Å². The minimum Gasteiger partial charge on any atom is -0.423 e. The number of rotatable bonds is 3. The zero-order valence-corrected chi connectivity index (χ0v) is 13.4. The standard InChI is InChI=1S/C20H16O4/c1-13-10-16(12-17-20(13)14(2)11-19(22)24-17)23-18(21)9-8-15-6-4-3-5-7-15/h3-12H,1-2H3/b9-8+. The molecule has 0 fully saturated rings. The summed E-state index contributed by atoms with van der Waals surface area (Å²) in [5.41, 5.74) is 2.61. The van der Waals surface area contributed by atoms with Crippen molar-refractivity contribution in [1.29, 1.82) is 0 Å². The number of esters is 1. The quantitative estimate of drug-likeness (QED) is 0.316. The van der Waals surface area contributed by atoms with E-state index >= 15 is 0 Å². The van der Waals surface area contributed by atoms with Gasteiger partial charge < -0.3 is 9.15 Å². The number of carbonyl (C=O) groups excluding carboxylic acids is 1. The predicted octanol–water partition coefficient (Wildman–Crippen LogP) is 4.03. The third-order valence-corrected chi connectivity index (χ3v) is 3.64. The molecule has 4 heteroatoms. The Kier molecular flexibility index (Phi) is 4.29. The third kappa shape index (κ3) is 3.43. The Hall–Kier alpha value is -3.14. The van der Waals surface area contributed by atoms with Crippen LogP contribution in [0.1, 0.15) is 16.7 Å². The highest BCUT2D eigenvalue weighted by Crippen LogP contribution is 2.26. The zero-order chi connectivity index (χ0) is 17.1. The summed E-state index contributed by atoms with van der Waals surface area (Å²) in [6, 6.07) is 14.2. The summed E-state index contributed by atoms with van der Waals surface area (Å²) in [6.45, 7) is 3.73. The van der Waals surface area contributed by atoms with Gasteiger partial charge >= 0.3 is 11.6 Å². The van der Waals surface area contributed by atoms with Gasteiger partial charge in [0.15, 0.2) is 0 Å². The SMILES string of the molecule is Cc1cc(OC(=O)/C=C/c2ccccc2)cc2oc(=O)cc(C)c12. The summed E-state index contributed by atoms with van der Waals surface area (Å²) in [5.74, 6) is -0.149. The number of hydrogen-bond acceptors (Lipinski definition) is 4. The molecule has 0 aliphatic carbocycles. The highest BCUT2D eigenvalue weighted by Gasteiger charge is 2.09. The first-order valence-electron chi connectivity index (χ1n) is 7.53. The van der Waals surface area contributed by atoms with E-state index in [4.69, 9.17) is 9.15 Å². The van der Waals surface area contributed by atoms with Crippen LogP contribution >= 0.6 is 0 Å². The van der Waals surface area contributed by atoms with E-state index in [9.17, 15) is 9.59 Å². The molecule has 1 heterocycles. The molecular formula is C20H16O4. The summed E-state index contributed by atoms with van der Waals surface area (Å²) >= 11 is 0. The van der Waals surface area contributed by atoms with E-state index in [0.717, 1.165) is 22.1 Å². The Morgan fingerprint density at radius 1 is 1.04 bits per heavy atom. The van der Waals surface area contributed by atoms with Crippen LogP contribution in [-0.4, -0.2) is 5.97 Å². The molecule has 0 spiro atoms. The molecule has 0 unspecified atom stereocenters. The normalized spacial score (nSPS) is 11.1. The van der Waals surface area contributed by atoms with Gasteiger partial charge in [-0.2, -0.15) is 0 Å². The van der Waals surface area contributed by atoms with Crippen LogP contribution in [0.2, 0.25) is 0 Å². The van der Waals surface area contributed by atoms with Crippen LogP contribution in [0.3, 0.4) is 0 Å². The second-order valence-electron chi connectivity index (χ2n) is 5.53. The maximum absolute atomic E-state index is 12.0. The molecule has 120 valence electrons. The Balaban J connectivity index is 1.86. The number of carbonyl (C=O) groups is 1. The molecule has 0 aliphatic rings. The average Bonchev–Trinajstić information content (AvgIpc) is 2.53. The highest BCUT2D eigenvalue weighted by atomic mass is 16.5. The van der Waals surface area contributed by atoms with Gasteiger partial charge in [0, 0.05) is 23.6 Å². The lowest BCUT2D eigenvalue weighted by molar-refractivity contribution is -0.128. The molecule has 3 rings (SSSR count). The lowest BCUT2D eigenvalue weighted by atomic mass is 10.1. The molecule has 0 amide bonds. The van der Waals surface area contributed by atoms with E-state index in [1.807, 2.05) is 44.2 Å². The van der Waals surface area contributed by atoms with E-state index in [1.54, 1.807) is 18.2 Å². The molecule has 24 heavy (non-hydrogen) atoms. The number of fused-ring (bicyclic) bond motifs is 1. The van der Waals surface area contributed by atoms with Crippen LogP contribution in [0, 0.1) is 13.8 Å². The lowest BCUT2D eigenvalue weighted by Crippen LogP contribution is -2.05. The molecule has 0 saturated heterocycles. The number of aryl methyl sites for hydroxylation is 2. The molecule has 0 atom stereocenters. The van der Waals surface area contributed by atoms with Crippen molar-refractivity contribution in [3.63, 3.8) is 0 Å².